The Hall–Kier alpha value is -2.27. The highest BCUT2D eigenvalue weighted by Crippen LogP contribution is 2.32. The molecule has 2 aromatic rings. The number of aromatic nitrogens is 1. The maximum atomic E-state index is 12.2. The summed E-state index contributed by atoms with van der Waals surface area (Å²) in [6.45, 7) is 3.00. The lowest BCUT2D eigenvalue weighted by Crippen LogP contribution is -2.27. The largest absolute Gasteiger partial charge is 0.486 e. The average molecular weight is 319 g/mol. The third-order valence-electron chi connectivity index (χ3n) is 3.40. The molecule has 1 aromatic heterocycles. The summed E-state index contributed by atoms with van der Waals surface area (Å²) in [4.78, 5) is 16.1. The second kappa shape index (κ2) is 6.23. The van der Waals surface area contributed by atoms with Crippen LogP contribution in [-0.2, 0) is 0 Å². The summed E-state index contributed by atoms with van der Waals surface area (Å²) >= 11 is 5.72. The first-order valence-electron chi connectivity index (χ1n) is 6.95. The number of nitrogens with zero attached hydrogens (tertiary/aromatic N) is 1. The van der Waals surface area contributed by atoms with E-state index in [1.165, 1.54) is 6.20 Å². The highest BCUT2D eigenvalue weighted by atomic mass is 35.5. The van der Waals surface area contributed by atoms with Crippen LogP contribution in [-0.4, -0.2) is 24.1 Å². The van der Waals surface area contributed by atoms with Crippen molar-refractivity contribution < 1.29 is 14.3 Å². The molecule has 1 aromatic carbocycles. The first-order chi connectivity index (χ1) is 10.6. The van der Waals surface area contributed by atoms with E-state index in [1.54, 1.807) is 12.1 Å². The van der Waals surface area contributed by atoms with Crippen molar-refractivity contribution in [3.8, 4) is 11.5 Å². The van der Waals surface area contributed by atoms with Gasteiger partial charge >= 0.3 is 0 Å². The summed E-state index contributed by atoms with van der Waals surface area (Å²) in [5.74, 6) is 1.24. The number of nitrogens with one attached hydrogen (secondary N) is 1. The quantitative estimate of drug-likeness (QED) is 0.884. The van der Waals surface area contributed by atoms with E-state index >= 15 is 0 Å². The number of fused-ring (bicyclic) bond motifs is 1. The third-order valence-corrected chi connectivity index (χ3v) is 3.63. The molecule has 0 radical (unpaired) electrons. The van der Waals surface area contributed by atoms with Gasteiger partial charge in [0.25, 0.3) is 5.91 Å². The molecule has 5 nitrogen and oxygen atoms in total. The molecule has 0 saturated carbocycles. The van der Waals surface area contributed by atoms with E-state index in [0.29, 0.717) is 29.7 Å². The van der Waals surface area contributed by atoms with Crippen LogP contribution in [0, 0.1) is 0 Å². The normalized spacial score (nSPS) is 14.3. The fourth-order valence-electron chi connectivity index (χ4n) is 2.20. The van der Waals surface area contributed by atoms with Crippen molar-refractivity contribution in [2.75, 3.05) is 13.2 Å². The van der Waals surface area contributed by atoms with Gasteiger partial charge in [-0.1, -0.05) is 17.7 Å². The number of pyridine rings is 1. The van der Waals surface area contributed by atoms with Crippen LogP contribution in [0.4, 0.5) is 0 Å². The highest BCUT2D eigenvalue weighted by molar-refractivity contribution is 6.29. The van der Waals surface area contributed by atoms with Crippen LogP contribution in [0.5, 0.6) is 11.5 Å². The molecule has 114 valence electrons. The van der Waals surface area contributed by atoms with E-state index in [4.69, 9.17) is 21.1 Å². The molecule has 0 aliphatic carbocycles. The highest BCUT2D eigenvalue weighted by Gasteiger charge is 2.16. The zero-order valence-electron chi connectivity index (χ0n) is 12.0. The Labute approximate surface area is 133 Å². The van der Waals surface area contributed by atoms with Crippen molar-refractivity contribution in [1.82, 2.24) is 10.3 Å². The van der Waals surface area contributed by atoms with Gasteiger partial charge in [0.1, 0.15) is 18.4 Å². The minimum atomic E-state index is -0.202. The maximum absolute atomic E-state index is 12.2. The van der Waals surface area contributed by atoms with Gasteiger partial charge in [-0.25, -0.2) is 4.98 Å². The molecule has 0 saturated heterocycles. The molecule has 1 N–H and O–H groups in total. The molecule has 2 heterocycles. The van der Waals surface area contributed by atoms with Gasteiger partial charge in [-0.05, 0) is 36.8 Å². The Morgan fingerprint density at radius 2 is 2.00 bits per heavy atom. The molecular formula is C16H15ClN2O3. The number of rotatable bonds is 3. The van der Waals surface area contributed by atoms with Crippen molar-refractivity contribution in [2.45, 2.75) is 13.0 Å². The van der Waals surface area contributed by atoms with Gasteiger partial charge in [0.05, 0.1) is 11.6 Å². The average Bonchev–Trinajstić information content (AvgIpc) is 2.55. The summed E-state index contributed by atoms with van der Waals surface area (Å²) in [6.07, 6.45) is 1.45. The number of hydrogen-bond acceptors (Lipinski definition) is 4. The first-order valence-corrected chi connectivity index (χ1v) is 7.33. The second-order valence-corrected chi connectivity index (χ2v) is 5.36. The van der Waals surface area contributed by atoms with Crippen LogP contribution in [0.25, 0.3) is 0 Å². The van der Waals surface area contributed by atoms with Crippen molar-refractivity contribution in [1.29, 1.82) is 0 Å². The molecule has 1 aliphatic rings. The fraction of sp³-hybridized carbons (Fsp3) is 0.250. The van der Waals surface area contributed by atoms with Crippen molar-refractivity contribution in [2.24, 2.45) is 0 Å². The molecule has 6 heteroatoms. The second-order valence-electron chi connectivity index (χ2n) is 4.97. The zero-order chi connectivity index (χ0) is 15.5. The van der Waals surface area contributed by atoms with E-state index in [0.717, 1.165) is 11.3 Å². The van der Waals surface area contributed by atoms with Crippen LogP contribution in [0.1, 0.15) is 28.9 Å². The molecule has 22 heavy (non-hydrogen) atoms. The van der Waals surface area contributed by atoms with Crippen molar-refractivity contribution in [3.05, 3.63) is 52.8 Å². The van der Waals surface area contributed by atoms with Gasteiger partial charge in [0.2, 0.25) is 0 Å². The fourth-order valence-corrected chi connectivity index (χ4v) is 2.31. The molecule has 1 unspecified atom stereocenters. The SMILES string of the molecule is CC(NC(=O)c1ccc(Cl)nc1)c1ccc2c(c1)OCCO2. The predicted octanol–water partition coefficient (Wildman–Crippen LogP) is 3.00. The Bertz CT molecular complexity index is 688. The summed E-state index contributed by atoms with van der Waals surface area (Å²) in [6, 6.07) is 8.72. The van der Waals surface area contributed by atoms with Gasteiger partial charge in [0.15, 0.2) is 11.5 Å². The summed E-state index contributed by atoms with van der Waals surface area (Å²) in [7, 11) is 0. The lowest BCUT2D eigenvalue weighted by molar-refractivity contribution is 0.0939. The number of ether oxygens (including phenoxy) is 2. The third kappa shape index (κ3) is 3.14. The monoisotopic (exact) mass is 318 g/mol. The van der Waals surface area contributed by atoms with Gasteiger partial charge in [-0.2, -0.15) is 0 Å². The molecule has 0 fully saturated rings. The van der Waals surface area contributed by atoms with Crippen LogP contribution in [0.3, 0.4) is 0 Å². The van der Waals surface area contributed by atoms with E-state index in [-0.39, 0.29) is 11.9 Å². The molecule has 1 aliphatic heterocycles. The molecule has 0 spiro atoms. The minimum absolute atomic E-state index is 0.168. The Morgan fingerprint density at radius 3 is 2.73 bits per heavy atom. The van der Waals surface area contributed by atoms with Crippen molar-refractivity contribution in [3.63, 3.8) is 0 Å². The summed E-state index contributed by atoms with van der Waals surface area (Å²) in [5.41, 5.74) is 1.41. The van der Waals surface area contributed by atoms with Crippen LogP contribution >= 0.6 is 11.6 Å². The van der Waals surface area contributed by atoms with Gasteiger partial charge in [-0.15, -0.1) is 0 Å². The Balaban J connectivity index is 1.72. The Morgan fingerprint density at radius 1 is 1.23 bits per heavy atom. The number of carbonyl (C=O) groups excluding carboxylic acids is 1. The number of carbonyl (C=O) groups is 1. The van der Waals surface area contributed by atoms with Gasteiger partial charge in [0, 0.05) is 6.20 Å². The summed E-state index contributed by atoms with van der Waals surface area (Å²) < 4.78 is 11.0. The topological polar surface area (TPSA) is 60.5 Å². The first kappa shape index (κ1) is 14.7. The van der Waals surface area contributed by atoms with Crippen LogP contribution in [0.15, 0.2) is 36.5 Å². The molecule has 0 bridgehead atoms. The van der Waals surface area contributed by atoms with Crippen LogP contribution in [0.2, 0.25) is 5.15 Å². The lowest BCUT2D eigenvalue weighted by Gasteiger charge is -2.21. The van der Waals surface area contributed by atoms with Crippen LogP contribution < -0.4 is 14.8 Å². The molecular weight excluding hydrogens is 304 g/mol. The number of hydrogen-bond donors (Lipinski definition) is 1. The molecule has 3 rings (SSSR count). The van der Waals surface area contributed by atoms with E-state index < -0.39 is 0 Å². The van der Waals surface area contributed by atoms with Gasteiger partial charge < -0.3 is 14.8 Å². The van der Waals surface area contributed by atoms with E-state index in [9.17, 15) is 4.79 Å². The van der Waals surface area contributed by atoms with E-state index in [1.807, 2.05) is 25.1 Å². The smallest absolute Gasteiger partial charge is 0.253 e. The summed E-state index contributed by atoms with van der Waals surface area (Å²) in [5, 5.41) is 3.28. The maximum Gasteiger partial charge on any atom is 0.253 e. The molecule has 1 atom stereocenters. The Kier molecular flexibility index (Phi) is 4.15. The van der Waals surface area contributed by atoms with Crippen molar-refractivity contribution >= 4 is 17.5 Å². The number of amides is 1. The predicted molar refractivity (Wildman–Crippen MR) is 82.6 cm³/mol. The molecule has 1 amide bonds. The zero-order valence-corrected chi connectivity index (χ0v) is 12.8. The lowest BCUT2D eigenvalue weighted by atomic mass is 10.1. The van der Waals surface area contributed by atoms with E-state index in [2.05, 4.69) is 10.3 Å². The minimum Gasteiger partial charge on any atom is -0.486 e. The standard InChI is InChI=1S/C16H15ClN2O3/c1-10(19-16(20)12-3-5-15(17)18-9-12)11-2-4-13-14(8-11)22-7-6-21-13/h2-5,8-10H,6-7H2,1H3,(H,19,20). The van der Waals surface area contributed by atoms with Gasteiger partial charge in [-0.3, -0.25) is 4.79 Å². The number of benzene rings is 1. The number of halogens is 1.